The normalized spacial score (nSPS) is 10.3. The van der Waals surface area contributed by atoms with Crippen LogP contribution >= 0.6 is 80.1 Å². The first-order valence-electron chi connectivity index (χ1n) is 31.6. The molecule has 0 saturated heterocycles. The summed E-state index contributed by atoms with van der Waals surface area (Å²) in [6.07, 6.45) is 16.8. The quantitative estimate of drug-likeness (QED) is 0.0243. The van der Waals surface area contributed by atoms with Crippen molar-refractivity contribution in [2.75, 3.05) is 0 Å². The van der Waals surface area contributed by atoms with Crippen LogP contribution in [0.5, 0.6) is 5.75 Å². The molecular formula is C79H82Cl2F3I2N3O3P2PdV. The van der Waals surface area contributed by atoms with Gasteiger partial charge in [0.1, 0.15) is 73.9 Å². The number of nitrogens with zero attached hydrogens (tertiary/aromatic N) is 2. The SMILES string of the molecule is CCCCCCCCc1cc2cc(C#N)c(F)cc2o1.CCCCCCCCc1cc2cc(CN)c(F)cc2o1.C[C-](I)I.N#Cc1ccc(O)cc1F.[Cl][Pd][Cl].[V].c1ccc(P(c2ccccc2)c2ccccc2)cc1.c1ccc([PH+](c2ccccc2)c2ccccc2)cc1. The summed E-state index contributed by atoms with van der Waals surface area (Å²) >= 11 is 4.39. The summed E-state index contributed by atoms with van der Waals surface area (Å²) < 4.78 is 52.2. The predicted octanol–water partition coefficient (Wildman–Crippen LogP) is 22.0. The molecule has 0 fully saturated rings. The summed E-state index contributed by atoms with van der Waals surface area (Å²) in [5.74, 6) is 0.175. The van der Waals surface area contributed by atoms with Crippen LogP contribution in [-0.4, -0.2) is 5.11 Å². The number of unbranched alkanes of at least 4 members (excludes halogenated alkanes) is 10. The second kappa shape index (κ2) is 49.3. The minimum Gasteiger partial charge on any atom is -0.0622 e. The molecule has 0 spiro atoms. The number of benzene rings is 9. The monoisotopic (exact) mass is 1720 g/mol. The van der Waals surface area contributed by atoms with Crippen LogP contribution in [0.1, 0.15) is 126 Å². The van der Waals surface area contributed by atoms with E-state index in [1.807, 2.05) is 18.2 Å². The molecule has 0 atom stereocenters. The van der Waals surface area contributed by atoms with E-state index >= 15 is 0 Å². The van der Waals surface area contributed by atoms with Crippen molar-refractivity contribution in [2.24, 2.45) is 5.73 Å². The Morgan fingerprint density at radius 2 is 0.823 bits per heavy atom. The largest absolute Gasteiger partial charge is 0.102 e. The van der Waals surface area contributed by atoms with Gasteiger partial charge in [0.25, 0.3) is 0 Å². The van der Waals surface area contributed by atoms with Crippen LogP contribution in [0.15, 0.2) is 245 Å². The summed E-state index contributed by atoms with van der Waals surface area (Å²) in [5, 5.41) is 36.0. The van der Waals surface area contributed by atoms with Crippen LogP contribution in [0, 0.1) is 42.0 Å². The average molecular weight is 1720 g/mol. The van der Waals surface area contributed by atoms with E-state index in [9.17, 15) is 13.2 Å². The second-order valence-corrected chi connectivity index (χ2v) is 34.1. The molecule has 6 nitrogen and oxygen atoms in total. The van der Waals surface area contributed by atoms with Gasteiger partial charge in [0.05, 0.1) is 19.0 Å². The van der Waals surface area contributed by atoms with Gasteiger partial charge >= 0.3 is 35.0 Å². The molecule has 9 aromatic carbocycles. The fourth-order valence-electron chi connectivity index (χ4n) is 10.0. The van der Waals surface area contributed by atoms with Crippen LogP contribution in [0.3, 0.4) is 0 Å². The van der Waals surface area contributed by atoms with Crippen molar-refractivity contribution in [1.82, 2.24) is 0 Å². The third-order valence-electron chi connectivity index (χ3n) is 14.6. The third kappa shape index (κ3) is 30.5. The summed E-state index contributed by atoms with van der Waals surface area (Å²) in [6, 6.07) is 81.7. The number of hydrogen-bond donors (Lipinski definition) is 2. The number of phenolic OH excluding ortho intramolecular Hbond substituents is 1. The van der Waals surface area contributed by atoms with Crippen LogP contribution < -0.4 is 37.6 Å². The third-order valence-corrected chi connectivity index (χ3v) is 19.8. The second-order valence-electron chi connectivity index (χ2n) is 21.7. The molecule has 2 heterocycles. The number of nitrogens with two attached hydrogens (primary N) is 1. The summed E-state index contributed by atoms with van der Waals surface area (Å²) in [6.45, 7) is 6.72. The number of furan rings is 2. The summed E-state index contributed by atoms with van der Waals surface area (Å²) in [7, 11) is 8.30. The molecule has 0 aliphatic carbocycles. The van der Waals surface area contributed by atoms with E-state index in [1.54, 1.807) is 18.2 Å². The first kappa shape index (κ1) is 83.2. The maximum absolute atomic E-state index is 13.6. The first-order chi connectivity index (χ1) is 46.3. The Morgan fingerprint density at radius 3 is 1.18 bits per heavy atom. The van der Waals surface area contributed by atoms with Crippen molar-refractivity contribution in [3.05, 3.63) is 284 Å². The molecule has 505 valence electrons. The van der Waals surface area contributed by atoms with Gasteiger partial charge in [-0.1, -0.05) is 224 Å². The molecule has 0 saturated carbocycles. The molecule has 11 aromatic rings. The van der Waals surface area contributed by atoms with Gasteiger partial charge < -0.3 is 64.9 Å². The van der Waals surface area contributed by atoms with Crippen LogP contribution in [0.2, 0.25) is 0 Å². The van der Waals surface area contributed by atoms with Gasteiger partial charge in [0.15, 0.2) is 0 Å². The fraction of sp³-hybridized carbons (Fsp3) is 0.228. The van der Waals surface area contributed by atoms with Crippen molar-refractivity contribution in [3.63, 3.8) is 0 Å². The van der Waals surface area contributed by atoms with E-state index < -0.39 is 27.5 Å². The van der Waals surface area contributed by atoms with Crippen molar-refractivity contribution in [2.45, 2.75) is 117 Å². The minimum absolute atomic E-state index is 0. The number of phenols is 1. The van der Waals surface area contributed by atoms with Gasteiger partial charge in [0, 0.05) is 72.5 Å². The molecule has 96 heavy (non-hydrogen) atoms. The first-order valence-corrected chi connectivity index (χ1v) is 40.6. The smallest absolute Gasteiger partial charge is 0.0622 e. The Kier molecular flexibility index (Phi) is 42.7. The Hall–Kier alpha value is -5.26. The van der Waals surface area contributed by atoms with Crippen LogP contribution in [-0.2, 0) is 53.9 Å². The summed E-state index contributed by atoms with van der Waals surface area (Å²) in [4.78, 5) is 0. The molecule has 0 amide bonds. The van der Waals surface area contributed by atoms with E-state index in [4.69, 9.17) is 49.3 Å². The number of aromatic hydroxyl groups is 1. The van der Waals surface area contributed by atoms with Crippen molar-refractivity contribution < 1.29 is 61.6 Å². The summed E-state index contributed by atoms with van der Waals surface area (Å²) in [5.41, 5.74) is 7.23. The maximum atomic E-state index is 13.6. The van der Waals surface area contributed by atoms with Gasteiger partial charge in [-0.3, -0.25) is 0 Å². The van der Waals surface area contributed by atoms with Crippen LogP contribution in [0.25, 0.3) is 21.9 Å². The molecule has 11 rings (SSSR count). The van der Waals surface area contributed by atoms with Gasteiger partial charge in [-0.15, -0.1) is 0 Å². The molecule has 17 heteroatoms. The zero-order chi connectivity index (χ0) is 68.4. The molecular weight excluding hydrogens is 1640 g/mol. The van der Waals surface area contributed by atoms with E-state index in [-0.39, 0.29) is 63.7 Å². The Balaban J connectivity index is 0.000000251. The number of hydrogen-bond acceptors (Lipinski definition) is 6. The number of nitriles is 2. The molecule has 0 bridgehead atoms. The van der Waals surface area contributed by atoms with Crippen LogP contribution in [0.4, 0.5) is 13.2 Å². The standard InChI is InChI=1S/2C18H15P.C17H24FNO.C17H20FNO.C7H4FNO.C2H3I2.2ClH.Pd.V/c2*1-4-10-16(11-5-1)19(17-12-6-2-7-13-17)18-14-8-3-9-15-18;2*1-2-3-4-5-6-7-8-15-10-13-9-14(12-19)16(18)11-17(13)20-15;8-7-3-6(10)2-1-5(7)4-9;1-2(3)4;;;;/h2*1-15H;9-11H,2-8,12,19H2,1H3;9-11H,2-8H2,1H3;1-3,10H;1H3;2*1H;;/q;;;;;-1;;;+2;/p-1. The van der Waals surface area contributed by atoms with Crippen molar-refractivity contribution in [1.29, 1.82) is 10.5 Å². The van der Waals surface area contributed by atoms with E-state index in [0.717, 1.165) is 54.0 Å². The van der Waals surface area contributed by atoms with Gasteiger partial charge in [0.2, 0.25) is 0 Å². The Morgan fingerprint density at radius 1 is 0.490 bits per heavy atom. The number of fused-ring (bicyclic) bond motifs is 2. The fourth-order valence-corrected chi connectivity index (χ4v) is 14.9. The number of halogens is 7. The van der Waals surface area contributed by atoms with Crippen molar-refractivity contribution in [3.8, 4) is 17.9 Å². The van der Waals surface area contributed by atoms with E-state index in [1.165, 1.54) is 122 Å². The average Bonchev–Trinajstić information content (AvgIpc) is 1.80. The zero-order valence-electron chi connectivity index (χ0n) is 54.2. The molecule has 3 N–H and O–H groups in total. The number of rotatable bonds is 21. The molecule has 0 unspecified atom stereocenters. The topological polar surface area (TPSA) is 120 Å². The van der Waals surface area contributed by atoms with Gasteiger partial charge in [-0.05, 0) is 109 Å². The zero-order valence-corrected chi connectivity index (χ0v) is 64.9. The predicted molar refractivity (Wildman–Crippen MR) is 412 cm³/mol. The minimum atomic E-state index is -0.877. The van der Waals surface area contributed by atoms with E-state index in [0.29, 0.717) is 16.7 Å². The molecule has 2 aromatic heterocycles. The Bertz CT molecular complexity index is 3650. The van der Waals surface area contributed by atoms with Gasteiger partial charge in [-0.2, -0.15) is 19.4 Å². The van der Waals surface area contributed by atoms with E-state index in [2.05, 4.69) is 248 Å². The van der Waals surface area contributed by atoms with Gasteiger partial charge in [-0.25, -0.2) is 13.2 Å². The molecule has 1 radical (unpaired) electrons. The number of aryl methyl sites for hydroxylation is 2. The molecule has 0 aliphatic heterocycles. The Labute approximate surface area is 624 Å². The van der Waals surface area contributed by atoms with Crippen molar-refractivity contribution >= 4 is 134 Å². The maximum Gasteiger partial charge on any atom is 0.102 e. The molecule has 0 aliphatic rings.